The third-order valence-electron chi connectivity index (χ3n) is 3.85. The van der Waals surface area contributed by atoms with E-state index in [0.29, 0.717) is 12.0 Å². The molecule has 1 aliphatic rings. The Morgan fingerprint density at radius 1 is 1.32 bits per heavy atom. The number of hydrogen-bond acceptors (Lipinski definition) is 2. The molecule has 0 bridgehead atoms. The van der Waals surface area contributed by atoms with Gasteiger partial charge in [0.25, 0.3) is 0 Å². The monoisotopic (exact) mass is 285 g/mol. The first kappa shape index (κ1) is 14.8. The summed E-state index contributed by atoms with van der Waals surface area (Å²) < 4.78 is 26.5. The number of thioether (sulfide) groups is 1. The van der Waals surface area contributed by atoms with Crippen LogP contribution in [-0.2, 0) is 6.42 Å². The molecule has 0 radical (unpaired) electrons. The van der Waals surface area contributed by atoms with Gasteiger partial charge in [0.05, 0.1) is 0 Å². The first-order chi connectivity index (χ1) is 9.19. The Balaban J connectivity index is 1.94. The van der Waals surface area contributed by atoms with Crippen LogP contribution in [-0.4, -0.2) is 24.6 Å². The van der Waals surface area contributed by atoms with Crippen molar-refractivity contribution in [3.8, 4) is 0 Å². The van der Waals surface area contributed by atoms with Crippen LogP contribution >= 0.6 is 11.8 Å². The molecule has 0 saturated carbocycles. The van der Waals surface area contributed by atoms with Crippen LogP contribution in [0.2, 0.25) is 0 Å². The molecule has 1 fully saturated rings. The van der Waals surface area contributed by atoms with Crippen LogP contribution in [0.3, 0.4) is 0 Å². The summed E-state index contributed by atoms with van der Waals surface area (Å²) >= 11 is 2.02. The van der Waals surface area contributed by atoms with Crippen LogP contribution < -0.4 is 5.32 Å². The minimum Gasteiger partial charge on any atom is -0.317 e. The molecule has 0 aliphatic carbocycles. The largest absolute Gasteiger partial charge is 0.317 e. The topological polar surface area (TPSA) is 12.0 Å². The fraction of sp³-hybridized carbons (Fsp3) is 0.600. The van der Waals surface area contributed by atoms with Gasteiger partial charge in [-0.1, -0.05) is 6.07 Å². The summed E-state index contributed by atoms with van der Waals surface area (Å²) in [5.74, 6) is 2.28. The molecule has 1 aromatic rings. The van der Waals surface area contributed by atoms with Gasteiger partial charge in [-0.3, -0.25) is 0 Å². The van der Waals surface area contributed by atoms with Gasteiger partial charge in [0, 0.05) is 12.1 Å². The molecule has 0 aromatic heterocycles. The first-order valence-electron chi connectivity index (χ1n) is 6.88. The molecule has 106 valence electrons. The zero-order valence-electron chi connectivity index (χ0n) is 11.3. The van der Waals surface area contributed by atoms with Crippen molar-refractivity contribution in [2.75, 3.05) is 18.6 Å². The van der Waals surface area contributed by atoms with E-state index in [1.54, 1.807) is 6.07 Å². The highest BCUT2D eigenvalue weighted by Gasteiger charge is 2.19. The number of halogens is 2. The molecule has 0 amide bonds. The smallest absolute Gasteiger partial charge is 0.129 e. The third-order valence-corrected chi connectivity index (χ3v) is 4.90. The Labute approximate surface area is 118 Å². The molecular weight excluding hydrogens is 264 g/mol. The van der Waals surface area contributed by atoms with Gasteiger partial charge in [-0.2, -0.15) is 11.8 Å². The lowest BCUT2D eigenvalue weighted by Crippen LogP contribution is -2.31. The molecule has 0 spiro atoms. The van der Waals surface area contributed by atoms with Crippen molar-refractivity contribution in [2.24, 2.45) is 5.92 Å². The number of rotatable bonds is 5. The Bertz CT molecular complexity index is 405. The summed E-state index contributed by atoms with van der Waals surface area (Å²) in [5, 5.41) is 3.27. The molecule has 1 aliphatic heterocycles. The van der Waals surface area contributed by atoms with Crippen LogP contribution in [0.5, 0.6) is 0 Å². The lowest BCUT2D eigenvalue weighted by Gasteiger charge is -2.26. The van der Waals surface area contributed by atoms with Crippen LogP contribution in [0.4, 0.5) is 8.78 Å². The molecule has 1 saturated heterocycles. The zero-order chi connectivity index (χ0) is 13.7. The standard InChI is InChI=1S/C15H21F2NS/c1-18-14(8-11-4-6-19-7-5-11)9-12-2-3-13(16)10-15(12)17/h2-3,10-11,14,18H,4-9H2,1H3. The second-order valence-electron chi connectivity index (χ2n) is 5.22. The predicted octanol–water partition coefficient (Wildman–Crippen LogP) is 3.63. The second-order valence-corrected chi connectivity index (χ2v) is 6.44. The van der Waals surface area contributed by atoms with E-state index in [4.69, 9.17) is 0 Å². The van der Waals surface area contributed by atoms with E-state index < -0.39 is 11.6 Å². The van der Waals surface area contributed by atoms with Crippen molar-refractivity contribution in [1.82, 2.24) is 5.32 Å². The van der Waals surface area contributed by atoms with Gasteiger partial charge in [0.15, 0.2) is 0 Å². The molecule has 2 rings (SSSR count). The van der Waals surface area contributed by atoms with Gasteiger partial charge in [-0.25, -0.2) is 8.78 Å². The van der Waals surface area contributed by atoms with E-state index in [0.717, 1.165) is 18.4 Å². The number of likely N-dealkylation sites (N-methyl/N-ethyl adjacent to an activating group) is 1. The summed E-state index contributed by atoms with van der Waals surface area (Å²) in [7, 11) is 1.92. The van der Waals surface area contributed by atoms with Gasteiger partial charge in [0.1, 0.15) is 11.6 Å². The summed E-state index contributed by atoms with van der Waals surface area (Å²) in [6, 6.07) is 4.14. The maximum Gasteiger partial charge on any atom is 0.129 e. The van der Waals surface area contributed by atoms with Crippen molar-refractivity contribution in [1.29, 1.82) is 0 Å². The highest BCUT2D eigenvalue weighted by Crippen LogP contribution is 2.27. The molecule has 1 heterocycles. The van der Waals surface area contributed by atoms with E-state index >= 15 is 0 Å². The van der Waals surface area contributed by atoms with Gasteiger partial charge in [-0.05, 0) is 61.8 Å². The highest BCUT2D eigenvalue weighted by molar-refractivity contribution is 7.99. The van der Waals surface area contributed by atoms with Crippen LogP contribution in [0, 0.1) is 17.6 Å². The van der Waals surface area contributed by atoms with Crippen molar-refractivity contribution in [3.05, 3.63) is 35.4 Å². The molecule has 1 N–H and O–H groups in total. The highest BCUT2D eigenvalue weighted by atomic mass is 32.2. The van der Waals surface area contributed by atoms with E-state index in [-0.39, 0.29) is 6.04 Å². The lowest BCUT2D eigenvalue weighted by molar-refractivity contribution is 0.373. The third kappa shape index (κ3) is 4.46. The molecule has 4 heteroatoms. The molecule has 19 heavy (non-hydrogen) atoms. The Morgan fingerprint density at radius 2 is 2.05 bits per heavy atom. The summed E-state index contributed by atoms with van der Waals surface area (Å²) in [6.07, 6.45) is 4.23. The van der Waals surface area contributed by atoms with Crippen molar-refractivity contribution in [3.63, 3.8) is 0 Å². The normalized spacial score (nSPS) is 18.5. The molecule has 1 aromatic carbocycles. The summed E-state index contributed by atoms with van der Waals surface area (Å²) in [5.41, 5.74) is 0.603. The molecular formula is C15H21F2NS. The number of nitrogens with one attached hydrogen (secondary N) is 1. The van der Waals surface area contributed by atoms with Crippen molar-refractivity contribution >= 4 is 11.8 Å². The Morgan fingerprint density at radius 3 is 2.68 bits per heavy atom. The fourth-order valence-electron chi connectivity index (χ4n) is 2.64. The average Bonchev–Trinajstić information content (AvgIpc) is 2.42. The second kappa shape index (κ2) is 7.25. The maximum atomic E-state index is 13.7. The van der Waals surface area contributed by atoms with Crippen molar-refractivity contribution < 1.29 is 8.78 Å². The first-order valence-corrected chi connectivity index (χ1v) is 8.03. The van der Waals surface area contributed by atoms with Gasteiger partial charge < -0.3 is 5.32 Å². The van der Waals surface area contributed by atoms with Gasteiger partial charge in [-0.15, -0.1) is 0 Å². The zero-order valence-corrected chi connectivity index (χ0v) is 12.1. The quantitative estimate of drug-likeness (QED) is 0.886. The van der Waals surface area contributed by atoms with Gasteiger partial charge in [0.2, 0.25) is 0 Å². The van der Waals surface area contributed by atoms with E-state index in [1.165, 1.54) is 30.4 Å². The van der Waals surface area contributed by atoms with Crippen LogP contribution in [0.1, 0.15) is 24.8 Å². The number of hydrogen-bond donors (Lipinski definition) is 1. The van der Waals surface area contributed by atoms with Crippen LogP contribution in [0.25, 0.3) is 0 Å². The van der Waals surface area contributed by atoms with E-state index in [1.807, 2.05) is 18.8 Å². The molecule has 1 nitrogen and oxygen atoms in total. The lowest BCUT2D eigenvalue weighted by atomic mass is 9.91. The minimum absolute atomic E-state index is 0.271. The maximum absolute atomic E-state index is 13.7. The van der Waals surface area contributed by atoms with Crippen molar-refractivity contribution in [2.45, 2.75) is 31.7 Å². The van der Waals surface area contributed by atoms with Crippen LogP contribution in [0.15, 0.2) is 18.2 Å². The predicted molar refractivity (Wildman–Crippen MR) is 77.6 cm³/mol. The Kier molecular flexibility index (Phi) is 5.64. The average molecular weight is 285 g/mol. The fourth-order valence-corrected chi connectivity index (χ4v) is 3.84. The minimum atomic E-state index is -0.508. The summed E-state index contributed by atoms with van der Waals surface area (Å²) in [4.78, 5) is 0. The number of benzene rings is 1. The molecule has 1 unspecified atom stereocenters. The summed E-state index contributed by atoms with van der Waals surface area (Å²) in [6.45, 7) is 0. The Hall–Kier alpha value is -0.610. The van der Waals surface area contributed by atoms with Gasteiger partial charge >= 0.3 is 0 Å². The molecule has 1 atom stereocenters. The SMILES string of the molecule is CNC(Cc1ccc(F)cc1F)CC1CCSCC1. The van der Waals surface area contributed by atoms with E-state index in [2.05, 4.69) is 5.32 Å². The van der Waals surface area contributed by atoms with E-state index in [9.17, 15) is 8.78 Å².